The fourth-order valence-electron chi connectivity index (χ4n) is 1.59. The first-order valence-corrected chi connectivity index (χ1v) is 8.40. The van der Waals surface area contributed by atoms with Crippen molar-refractivity contribution in [2.75, 3.05) is 25.5 Å². The molecule has 0 bridgehead atoms. The Morgan fingerprint density at radius 3 is 2.65 bits per heavy atom. The Morgan fingerprint density at radius 2 is 2.05 bits per heavy atom. The minimum atomic E-state index is -3.59. The zero-order chi connectivity index (χ0) is 15.0. The first-order chi connectivity index (χ1) is 9.51. The van der Waals surface area contributed by atoms with Crippen LogP contribution in [0.2, 0.25) is 0 Å². The minimum Gasteiger partial charge on any atom is -0.381 e. The van der Waals surface area contributed by atoms with Crippen LogP contribution in [0.1, 0.15) is 33.1 Å². The number of rotatable bonds is 10. The third-order valence-corrected chi connectivity index (χ3v) is 4.25. The lowest BCUT2D eigenvalue weighted by molar-refractivity contribution is 0.130. The predicted octanol–water partition coefficient (Wildman–Crippen LogP) is 0.970. The third-order valence-electron chi connectivity index (χ3n) is 2.77. The summed E-state index contributed by atoms with van der Waals surface area (Å²) in [7, 11) is -3.59. The number of sulfonamides is 1. The number of ether oxygens (including phenoxy) is 1. The van der Waals surface area contributed by atoms with Gasteiger partial charge in [0.25, 0.3) is 0 Å². The Kier molecular flexibility index (Phi) is 6.97. The zero-order valence-electron chi connectivity index (χ0n) is 12.1. The van der Waals surface area contributed by atoms with E-state index in [-0.39, 0.29) is 10.7 Å². The van der Waals surface area contributed by atoms with Crippen LogP contribution in [0.5, 0.6) is 0 Å². The Labute approximate surface area is 120 Å². The number of nitrogens with two attached hydrogens (primary N) is 1. The second-order valence-corrected chi connectivity index (χ2v) is 6.19. The molecule has 0 amide bonds. The summed E-state index contributed by atoms with van der Waals surface area (Å²) in [6, 6.07) is 0. The Morgan fingerprint density at radius 1 is 1.35 bits per heavy atom. The SMILES string of the molecule is CCCCOCCCNS(=O)(=O)c1cn(CC)nc1N. The summed E-state index contributed by atoms with van der Waals surface area (Å²) in [4.78, 5) is 0.0336. The number of nitrogen functional groups attached to an aromatic ring is 1. The lowest BCUT2D eigenvalue weighted by Gasteiger charge is -2.06. The highest BCUT2D eigenvalue weighted by atomic mass is 32.2. The quantitative estimate of drug-likeness (QED) is 0.627. The van der Waals surface area contributed by atoms with E-state index in [1.807, 2.05) is 6.92 Å². The molecule has 1 aromatic rings. The van der Waals surface area contributed by atoms with Gasteiger partial charge in [-0.15, -0.1) is 0 Å². The molecule has 0 atom stereocenters. The molecule has 1 rings (SSSR count). The van der Waals surface area contributed by atoms with E-state index >= 15 is 0 Å². The summed E-state index contributed by atoms with van der Waals surface area (Å²) in [5.74, 6) is 0.0264. The maximum atomic E-state index is 12.0. The van der Waals surface area contributed by atoms with Crippen LogP contribution in [-0.2, 0) is 21.3 Å². The van der Waals surface area contributed by atoms with Crippen LogP contribution < -0.4 is 10.5 Å². The largest absolute Gasteiger partial charge is 0.381 e. The van der Waals surface area contributed by atoms with E-state index in [0.717, 1.165) is 19.4 Å². The molecule has 0 spiro atoms. The monoisotopic (exact) mass is 304 g/mol. The van der Waals surface area contributed by atoms with Crippen LogP contribution in [0, 0.1) is 0 Å². The standard InChI is InChI=1S/C12H24N4O3S/c1-3-5-8-19-9-6-7-14-20(17,18)11-10-16(4-2)15-12(11)13/h10,14H,3-9H2,1-2H3,(H2,13,15). The van der Waals surface area contributed by atoms with Gasteiger partial charge in [0.2, 0.25) is 10.0 Å². The maximum Gasteiger partial charge on any atom is 0.245 e. The van der Waals surface area contributed by atoms with E-state index < -0.39 is 10.0 Å². The van der Waals surface area contributed by atoms with Crippen molar-refractivity contribution in [1.29, 1.82) is 0 Å². The van der Waals surface area contributed by atoms with Crippen molar-refractivity contribution in [2.45, 2.75) is 44.6 Å². The maximum absolute atomic E-state index is 12.0. The lowest BCUT2D eigenvalue weighted by atomic mass is 10.4. The normalized spacial score (nSPS) is 11.9. The molecule has 116 valence electrons. The summed E-state index contributed by atoms with van der Waals surface area (Å²) < 4.78 is 33.4. The van der Waals surface area contributed by atoms with Gasteiger partial charge in [0, 0.05) is 32.5 Å². The van der Waals surface area contributed by atoms with Gasteiger partial charge in [-0.25, -0.2) is 13.1 Å². The van der Waals surface area contributed by atoms with Crippen LogP contribution in [0.3, 0.4) is 0 Å². The summed E-state index contributed by atoms with van der Waals surface area (Å²) in [5.41, 5.74) is 5.61. The van der Waals surface area contributed by atoms with Crippen molar-refractivity contribution in [1.82, 2.24) is 14.5 Å². The molecule has 20 heavy (non-hydrogen) atoms. The number of aromatic nitrogens is 2. The predicted molar refractivity (Wildman–Crippen MR) is 77.8 cm³/mol. The molecule has 0 aliphatic carbocycles. The highest BCUT2D eigenvalue weighted by Gasteiger charge is 2.20. The molecular weight excluding hydrogens is 280 g/mol. The van der Waals surface area contributed by atoms with Gasteiger partial charge in [0.1, 0.15) is 4.90 Å². The second kappa shape index (κ2) is 8.23. The highest BCUT2D eigenvalue weighted by Crippen LogP contribution is 2.15. The molecular formula is C12H24N4O3S. The van der Waals surface area contributed by atoms with Crippen molar-refractivity contribution in [3.05, 3.63) is 6.20 Å². The number of hydrogen-bond donors (Lipinski definition) is 2. The Hall–Kier alpha value is -1.12. The van der Waals surface area contributed by atoms with Crippen molar-refractivity contribution >= 4 is 15.8 Å². The minimum absolute atomic E-state index is 0.0264. The van der Waals surface area contributed by atoms with Crippen molar-refractivity contribution in [3.8, 4) is 0 Å². The average Bonchev–Trinajstić information content (AvgIpc) is 2.80. The summed E-state index contributed by atoms with van der Waals surface area (Å²) in [6.45, 7) is 6.13. The van der Waals surface area contributed by atoms with E-state index in [9.17, 15) is 8.42 Å². The van der Waals surface area contributed by atoms with Gasteiger partial charge >= 0.3 is 0 Å². The molecule has 1 heterocycles. The topological polar surface area (TPSA) is 99.2 Å². The number of unbranched alkanes of at least 4 members (excludes halogenated alkanes) is 1. The molecule has 0 unspecified atom stereocenters. The molecule has 0 saturated heterocycles. The van der Waals surface area contributed by atoms with Gasteiger partial charge in [0.15, 0.2) is 5.82 Å². The van der Waals surface area contributed by atoms with E-state index in [1.54, 1.807) is 0 Å². The first-order valence-electron chi connectivity index (χ1n) is 6.91. The van der Waals surface area contributed by atoms with E-state index in [1.165, 1.54) is 10.9 Å². The van der Waals surface area contributed by atoms with Gasteiger partial charge in [-0.1, -0.05) is 13.3 Å². The molecule has 3 N–H and O–H groups in total. The number of nitrogens with one attached hydrogen (secondary N) is 1. The third kappa shape index (κ3) is 5.10. The van der Waals surface area contributed by atoms with Gasteiger partial charge in [-0.3, -0.25) is 4.68 Å². The fourth-order valence-corrected chi connectivity index (χ4v) is 2.74. The zero-order valence-corrected chi connectivity index (χ0v) is 12.9. The summed E-state index contributed by atoms with van der Waals surface area (Å²) >= 11 is 0. The molecule has 0 radical (unpaired) electrons. The van der Waals surface area contributed by atoms with Crippen molar-refractivity contribution < 1.29 is 13.2 Å². The van der Waals surface area contributed by atoms with Gasteiger partial charge in [-0.2, -0.15) is 5.10 Å². The van der Waals surface area contributed by atoms with Gasteiger partial charge in [-0.05, 0) is 19.8 Å². The molecule has 8 heteroatoms. The Bertz CT molecular complexity index is 499. The van der Waals surface area contributed by atoms with E-state index in [0.29, 0.717) is 26.1 Å². The molecule has 0 fully saturated rings. The van der Waals surface area contributed by atoms with Gasteiger partial charge < -0.3 is 10.5 Å². The highest BCUT2D eigenvalue weighted by molar-refractivity contribution is 7.89. The van der Waals surface area contributed by atoms with Crippen LogP contribution in [-0.4, -0.2) is 38.0 Å². The molecule has 0 aliphatic rings. The first kappa shape index (κ1) is 16.9. The number of nitrogens with zero attached hydrogens (tertiary/aromatic N) is 2. The van der Waals surface area contributed by atoms with Crippen LogP contribution >= 0.6 is 0 Å². The van der Waals surface area contributed by atoms with Crippen LogP contribution in [0.15, 0.2) is 11.1 Å². The van der Waals surface area contributed by atoms with Crippen LogP contribution in [0.4, 0.5) is 5.82 Å². The second-order valence-electron chi connectivity index (χ2n) is 4.45. The molecule has 0 aliphatic heterocycles. The van der Waals surface area contributed by atoms with E-state index in [4.69, 9.17) is 10.5 Å². The molecule has 1 aromatic heterocycles. The number of hydrogen-bond acceptors (Lipinski definition) is 5. The fraction of sp³-hybridized carbons (Fsp3) is 0.750. The van der Waals surface area contributed by atoms with E-state index in [2.05, 4.69) is 16.7 Å². The summed E-state index contributed by atoms with van der Waals surface area (Å²) in [5, 5.41) is 3.92. The van der Waals surface area contributed by atoms with Crippen molar-refractivity contribution in [3.63, 3.8) is 0 Å². The average molecular weight is 304 g/mol. The number of aryl methyl sites for hydroxylation is 1. The molecule has 0 saturated carbocycles. The molecule has 7 nitrogen and oxygen atoms in total. The van der Waals surface area contributed by atoms with Gasteiger partial charge in [0.05, 0.1) is 0 Å². The van der Waals surface area contributed by atoms with Crippen LogP contribution in [0.25, 0.3) is 0 Å². The Balaban J connectivity index is 2.40. The molecule has 0 aromatic carbocycles. The summed E-state index contributed by atoms with van der Waals surface area (Å²) in [6.07, 6.45) is 4.19. The van der Waals surface area contributed by atoms with Crippen molar-refractivity contribution in [2.24, 2.45) is 0 Å². The lowest BCUT2D eigenvalue weighted by Crippen LogP contribution is -2.26. The number of anilines is 1. The smallest absolute Gasteiger partial charge is 0.245 e.